The second-order valence-electron chi connectivity index (χ2n) is 4.45. The summed E-state index contributed by atoms with van der Waals surface area (Å²) in [6.45, 7) is 3.74. The Kier molecular flexibility index (Phi) is 5.06. The van der Waals surface area contributed by atoms with E-state index in [0.717, 1.165) is 23.2 Å². The molecule has 0 bridgehead atoms. The Morgan fingerprint density at radius 1 is 1.30 bits per heavy atom. The normalized spacial score (nSPS) is 12.7. The van der Waals surface area contributed by atoms with E-state index in [1.165, 1.54) is 23.5 Å². The number of nitrogens with two attached hydrogens (primary N) is 1. The van der Waals surface area contributed by atoms with Crippen LogP contribution in [0, 0.1) is 18.6 Å². The van der Waals surface area contributed by atoms with Crippen molar-refractivity contribution in [2.45, 2.75) is 42.0 Å². The summed E-state index contributed by atoms with van der Waals surface area (Å²) in [6, 6.07) is 2.60. The predicted octanol–water partition coefficient (Wildman–Crippen LogP) is 3.56. The fourth-order valence-electron chi connectivity index (χ4n) is 1.68. The zero-order valence-electron chi connectivity index (χ0n) is 11.2. The molecule has 1 heterocycles. The van der Waals surface area contributed by atoms with Crippen molar-refractivity contribution in [1.29, 1.82) is 0 Å². The summed E-state index contributed by atoms with van der Waals surface area (Å²) in [4.78, 5) is -0.0463. The standard InChI is InChI=1S/C13H15F2N3S2/c1-3-9(16)4-8-5-10(14)12(11(15)6-8)20-13-18-17-7(2)19-13/h5-6,9H,3-4,16H2,1-2H3. The highest BCUT2D eigenvalue weighted by Crippen LogP contribution is 2.34. The zero-order chi connectivity index (χ0) is 14.7. The Labute approximate surface area is 124 Å². The first kappa shape index (κ1) is 15.3. The van der Waals surface area contributed by atoms with Crippen LogP contribution in [-0.4, -0.2) is 16.2 Å². The Morgan fingerprint density at radius 2 is 1.95 bits per heavy atom. The van der Waals surface area contributed by atoms with Crippen LogP contribution in [0.2, 0.25) is 0 Å². The maximum Gasteiger partial charge on any atom is 0.179 e. The van der Waals surface area contributed by atoms with Crippen molar-refractivity contribution in [3.8, 4) is 0 Å². The zero-order valence-corrected chi connectivity index (χ0v) is 12.8. The van der Waals surface area contributed by atoms with Gasteiger partial charge in [-0.2, -0.15) is 0 Å². The number of hydrogen-bond donors (Lipinski definition) is 1. The summed E-state index contributed by atoms with van der Waals surface area (Å²) in [5, 5.41) is 8.44. The molecule has 2 rings (SSSR count). The average Bonchev–Trinajstić information content (AvgIpc) is 2.79. The van der Waals surface area contributed by atoms with Gasteiger partial charge in [-0.1, -0.05) is 30.0 Å². The van der Waals surface area contributed by atoms with Gasteiger partial charge < -0.3 is 5.73 Å². The van der Waals surface area contributed by atoms with Gasteiger partial charge in [0, 0.05) is 6.04 Å². The molecule has 0 saturated carbocycles. The Morgan fingerprint density at radius 3 is 2.45 bits per heavy atom. The molecular weight excluding hydrogens is 300 g/mol. The van der Waals surface area contributed by atoms with E-state index >= 15 is 0 Å². The molecule has 1 aromatic carbocycles. The second-order valence-corrected chi connectivity index (χ2v) is 6.89. The molecule has 0 aliphatic carbocycles. The monoisotopic (exact) mass is 315 g/mol. The van der Waals surface area contributed by atoms with Crippen LogP contribution in [0.4, 0.5) is 8.78 Å². The molecule has 0 saturated heterocycles. The summed E-state index contributed by atoms with van der Waals surface area (Å²) in [5.74, 6) is -1.16. The van der Waals surface area contributed by atoms with E-state index in [2.05, 4.69) is 10.2 Å². The number of aryl methyl sites for hydroxylation is 1. The molecule has 0 aliphatic rings. The predicted molar refractivity (Wildman–Crippen MR) is 77.1 cm³/mol. The third-order valence-corrected chi connectivity index (χ3v) is 4.76. The van der Waals surface area contributed by atoms with Crippen LogP contribution in [-0.2, 0) is 6.42 Å². The lowest BCUT2D eigenvalue weighted by Crippen LogP contribution is -2.21. The summed E-state index contributed by atoms with van der Waals surface area (Å²) < 4.78 is 28.6. The van der Waals surface area contributed by atoms with Crippen molar-refractivity contribution in [2.75, 3.05) is 0 Å². The maximum atomic E-state index is 14.0. The topological polar surface area (TPSA) is 51.8 Å². The molecule has 0 radical (unpaired) electrons. The lowest BCUT2D eigenvalue weighted by Gasteiger charge is -2.10. The van der Waals surface area contributed by atoms with Crippen molar-refractivity contribution in [3.05, 3.63) is 34.3 Å². The molecule has 7 heteroatoms. The smallest absolute Gasteiger partial charge is 0.179 e. The molecule has 1 unspecified atom stereocenters. The molecule has 1 aromatic heterocycles. The van der Waals surface area contributed by atoms with Crippen LogP contribution < -0.4 is 5.73 Å². The molecule has 108 valence electrons. The minimum absolute atomic E-state index is 0.0463. The highest BCUT2D eigenvalue weighted by atomic mass is 32.2. The van der Waals surface area contributed by atoms with Gasteiger partial charge in [-0.3, -0.25) is 0 Å². The van der Waals surface area contributed by atoms with E-state index < -0.39 is 11.6 Å². The summed E-state index contributed by atoms with van der Waals surface area (Å²) in [6.07, 6.45) is 1.23. The van der Waals surface area contributed by atoms with E-state index in [-0.39, 0.29) is 10.9 Å². The van der Waals surface area contributed by atoms with Crippen LogP contribution in [0.3, 0.4) is 0 Å². The first-order valence-electron chi connectivity index (χ1n) is 6.21. The van der Waals surface area contributed by atoms with E-state index in [0.29, 0.717) is 16.3 Å². The summed E-state index contributed by atoms with van der Waals surface area (Å²) in [7, 11) is 0. The van der Waals surface area contributed by atoms with Crippen LogP contribution in [0.1, 0.15) is 23.9 Å². The third-order valence-electron chi connectivity index (χ3n) is 2.78. The molecular formula is C13H15F2N3S2. The SMILES string of the molecule is CCC(N)Cc1cc(F)c(Sc2nnc(C)s2)c(F)c1. The van der Waals surface area contributed by atoms with E-state index in [1.807, 2.05) is 6.92 Å². The number of rotatable bonds is 5. The van der Waals surface area contributed by atoms with E-state index in [9.17, 15) is 8.78 Å². The molecule has 0 fully saturated rings. The van der Waals surface area contributed by atoms with Gasteiger partial charge >= 0.3 is 0 Å². The van der Waals surface area contributed by atoms with Gasteiger partial charge in [0.15, 0.2) is 4.34 Å². The number of hydrogen-bond acceptors (Lipinski definition) is 5. The molecule has 0 amide bonds. The first-order chi connectivity index (χ1) is 9.49. The lowest BCUT2D eigenvalue weighted by atomic mass is 10.0. The van der Waals surface area contributed by atoms with Crippen LogP contribution in [0.5, 0.6) is 0 Å². The fourth-order valence-corrected chi connectivity index (χ4v) is 3.45. The molecule has 2 aromatic rings. The minimum atomic E-state index is -0.582. The fraction of sp³-hybridized carbons (Fsp3) is 0.385. The van der Waals surface area contributed by atoms with Crippen LogP contribution in [0.25, 0.3) is 0 Å². The number of benzene rings is 1. The number of nitrogens with zero attached hydrogens (tertiary/aromatic N) is 2. The molecule has 0 aliphatic heterocycles. The van der Waals surface area contributed by atoms with Crippen molar-refractivity contribution in [3.63, 3.8) is 0 Å². The van der Waals surface area contributed by atoms with Gasteiger partial charge in [0.25, 0.3) is 0 Å². The van der Waals surface area contributed by atoms with Crippen molar-refractivity contribution < 1.29 is 8.78 Å². The largest absolute Gasteiger partial charge is 0.327 e. The first-order valence-corrected chi connectivity index (χ1v) is 7.84. The van der Waals surface area contributed by atoms with Gasteiger partial charge in [0.2, 0.25) is 0 Å². The van der Waals surface area contributed by atoms with Crippen LogP contribution in [0.15, 0.2) is 21.4 Å². The van der Waals surface area contributed by atoms with Gasteiger partial charge in [-0.05, 0) is 37.5 Å². The van der Waals surface area contributed by atoms with Gasteiger partial charge in [-0.25, -0.2) is 8.78 Å². The summed E-state index contributed by atoms with van der Waals surface area (Å²) >= 11 is 2.26. The maximum absolute atomic E-state index is 14.0. The van der Waals surface area contributed by atoms with Gasteiger partial charge in [0.1, 0.15) is 16.6 Å². The molecule has 0 spiro atoms. The molecule has 1 atom stereocenters. The highest BCUT2D eigenvalue weighted by molar-refractivity contribution is 8.01. The van der Waals surface area contributed by atoms with E-state index in [4.69, 9.17) is 5.73 Å². The van der Waals surface area contributed by atoms with Crippen molar-refractivity contribution in [2.24, 2.45) is 5.73 Å². The third kappa shape index (κ3) is 3.74. The number of aromatic nitrogens is 2. The highest BCUT2D eigenvalue weighted by Gasteiger charge is 2.15. The van der Waals surface area contributed by atoms with Gasteiger partial charge in [-0.15, -0.1) is 10.2 Å². The van der Waals surface area contributed by atoms with Gasteiger partial charge in [0.05, 0.1) is 4.90 Å². The molecule has 2 N–H and O–H groups in total. The molecule has 20 heavy (non-hydrogen) atoms. The second kappa shape index (κ2) is 6.60. The van der Waals surface area contributed by atoms with Crippen molar-refractivity contribution in [1.82, 2.24) is 10.2 Å². The quantitative estimate of drug-likeness (QED) is 0.916. The molecule has 3 nitrogen and oxygen atoms in total. The van der Waals surface area contributed by atoms with Crippen LogP contribution >= 0.6 is 23.1 Å². The Bertz CT molecular complexity index is 578. The van der Waals surface area contributed by atoms with Crippen molar-refractivity contribution >= 4 is 23.1 Å². The van der Waals surface area contributed by atoms with E-state index in [1.54, 1.807) is 6.92 Å². The summed E-state index contributed by atoms with van der Waals surface area (Å²) in [5.41, 5.74) is 6.38. The Balaban J connectivity index is 2.22. The number of halogens is 2. The Hall–Kier alpha value is -1.05. The minimum Gasteiger partial charge on any atom is -0.327 e. The average molecular weight is 315 g/mol. The lowest BCUT2D eigenvalue weighted by molar-refractivity contribution is 0.533.